The van der Waals surface area contributed by atoms with Gasteiger partial charge in [0, 0.05) is 11.7 Å². The minimum atomic E-state index is -0.0940. The van der Waals surface area contributed by atoms with E-state index in [4.69, 9.17) is 4.74 Å². The zero-order valence-corrected chi connectivity index (χ0v) is 11.8. The molecule has 0 spiro atoms. The topological polar surface area (TPSA) is 38.3 Å². The van der Waals surface area contributed by atoms with Gasteiger partial charge in [0.15, 0.2) is 0 Å². The molecule has 3 nitrogen and oxygen atoms in total. The van der Waals surface area contributed by atoms with E-state index in [1.807, 2.05) is 12.1 Å². The monoisotopic (exact) mass is 261 g/mol. The minimum Gasteiger partial charge on any atom is -0.469 e. The van der Waals surface area contributed by atoms with Crippen LogP contribution < -0.4 is 5.32 Å². The molecule has 1 N–H and O–H groups in total. The summed E-state index contributed by atoms with van der Waals surface area (Å²) in [4.78, 5) is 12.0. The average molecular weight is 261 g/mol. The normalized spacial score (nSPS) is 21.4. The molecule has 2 rings (SSSR count). The van der Waals surface area contributed by atoms with Crippen LogP contribution in [0.25, 0.3) is 0 Å². The van der Waals surface area contributed by atoms with Gasteiger partial charge in [-0.1, -0.05) is 44.4 Å². The van der Waals surface area contributed by atoms with Gasteiger partial charge in [0.05, 0.1) is 13.0 Å². The lowest BCUT2D eigenvalue weighted by Gasteiger charge is -2.33. The minimum absolute atomic E-state index is 0.0586. The third kappa shape index (κ3) is 3.28. The van der Waals surface area contributed by atoms with Crippen LogP contribution in [0, 0.1) is 5.92 Å². The van der Waals surface area contributed by atoms with Gasteiger partial charge in [-0.15, -0.1) is 0 Å². The number of esters is 1. The zero-order chi connectivity index (χ0) is 13.7. The number of methoxy groups -OCH3 is 1. The maximum Gasteiger partial charge on any atom is 0.311 e. The van der Waals surface area contributed by atoms with E-state index in [0.717, 1.165) is 19.3 Å². The molecule has 0 aromatic heterocycles. The van der Waals surface area contributed by atoms with E-state index < -0.39 is 0 Å². The Hall–Kier alpha value is -1.51. The highest BCUT2D eigenvalue weighted by Crippen LogP contribution is 2.31. The highest BCUT2D eigenvalue weighted by atomic mass is 16.5. The van der Waals surface area contributed by atoms with Gasteiger partial charge in [-0.2, -0.15) is 0 Å². The van der Waals surface area contributed by atoms with Gasteiger partial charge < -0.3 is 10.1 Å². The summed E-state index contributed by atoms with van der Waals surface area (Å²) in [6.07, 6.45) is 5.39. The first-order chi connectivity index (χ1) is 9.26. The van der Waals surface area contributed by atoms with Crippen LogP contribution in [0.3, 0.4) is 0 Å². The number of hydrogen-bond acceptors (Lipinski definition) is 3. The third-order valence-corrected chi connectivity index (χ3v) is 3.91. The summed E-state index contributed by atoms with van der Waals surface area (Å²) >= 11 is 0. The lowest BCUT2D eigenvalue weighted by atomic mass is 9.84. The molecule has 19 heavy (non-hydrogen) atoms. The van der Waals surface area contributed by atoms with Gasteiger partial charge in [0.2, 0.25) is 0 Å². The van der Waals surface area contributed by atoms with Gasteiger partial charge in [-0.3, -0.25) is 4.79 Å². The summed E-state index contributed by atoms with van der Waals surface area (Å²) in [6, 6.07) is 8.43. The third-order valence-electron chi connectivity index (χ3n) is 3.91. The fourth-order valence-electron chi connectivity index (χ4n) is 2.81. The van der Waals surface area contributed by atoms with Crippen molar-refractivity contribution in [1.82, 2.24) is 0 Å². The molecule has 0 saturated heterocycles. The number of para-hydroxylation sites is 1. The number of carbonyl (C=O) groups is 1. The van der Waals surface area contributed by atoms with Gasteiger partial charge in [0.25, 0.3) is 0 Å². The van der Waals surface area contributed by atoms with Gasteiger partial charge in [0.1, 0.15) is 0 Å². The number of nitrogens with one attached hydrogen (secondary N) is 1. The Morgan fingerprint density at radius 2 is 2.16 bits per heavy atom. The van der Waals surface area contributed by atoms with Crippen LogP contribution in [-0.2, 0) is 16.0 Å². The molecule has 0 amide bonds. The smallest absolute Gasteiger partial charge is 0.311 e. The summed E-state index contributed by atoms with van der Waals surface area (Å²) in [5.41, 5.74) is 2.38. The number of unbranched alkanes of at least 4 members (excludes halogenated alkanes) is 2. The van der Waals surface area contributed by atoms with Crippen LogP contribution >= 0.6 is 0 Å². The number of rotatable bonds is 5. The van der Waals surface area contributed by atoms with Gasteiger partial charge >= 0.3 is 5.97 Å². The molecule has 2 atom stereocenters. The van der Waals surface area contributed by atoms with Crippen molar-refractivity contribution in [3.05, 3.63) is 29.8 Å². The van der Waals surface area contributed by atoms with E-state index in [1.54, 1.807) is 0 Å². The van der Waals surface area contributed by atoms with Crippen molar-refractivity contribution in [2.75, 3.05) is 12.4 Å². The van der Waals surface area contributed by atoms with Crippen molar-refractivity contribution in [3.63, 3.8) is 0 Å². The number of fused-ring (bicyclic) bond motifs is 1. The number of ether oxygens (including phenoxy) is 1. The lowest BCUT2D eigenvalue weighted by Crippen LogP contribution is -2.40. The predicted octanol–water partition coefficient (Wildman–Crippen LogP) is 3.39. The fraction of sp³-hybridized carbons (Fsp3) is 0.562. The number of carbonyl (C=O) groups excluding carboxylic acids is 1. The average Bonchev–Trinajstić information content (AvgIpc) is 2.46. The molecule has 1 aliphatic rings. The Kier molecular flexibility index (Phi) is 4.83. The number of anilines is 1. The second kappa shape index (κ2) is 6.60. The van der Waals surface area contributed by atoms with Crippen molar-refractivity contribution < 1.29 is 9.53 Å². The zero-order valence-electron chi connectivity index (χ0n) is 11.8. The van der Waals surface area contributed by atoms with E-state index in [0.29, 0.717) is 0 Å². The Morgan fingerprint density at radius 3 is 2.89 bits per heavy atom. The van der Waals surface area contributed by atoms with Crippen molar-refractivity contribution in [2.45, 2.75) is 45.1 Å². The molecule has 0 saturated carbocycles. The Labute approximate surface area is 115 Å². The summed E-state index contributed by atoms with van der Waals surface area (Å²) in [7, 11) is 1.48. The van der Waals surface area contributed by atoms with Crippen LogP contribution in [0.1, 0.15) is 38.2 Å². The van der Waals surface area contributed by atoms with Crippen LogP contribution in [0.5, 0.6) is 0 Å². The molecule has 0 unspecified atom stereocenters. The molecule has 1 aliphatic heterocycles. The lowest BCUT2D eigenvalue weighted by molar-refractivity contribution is -0.146. The molecule has 0 aliphatic carbocycles. The van der Waals surface area contributed by atoms with Gasteiger partial charge in [-0.05, 0) is 24.5 Å². The molecule has 1 aromatic rings. The number of hydrogen-bond donors (Lipinski definition) is 1. The Morgan fingerprint density at radius 1 is 1.37 bits per heavy atom. The molecular weight excluding hydrogens is 238 g/mol. The predicted molar refractivity (Wildman–Crippen MR) is 77.2 cm³/mol. The first kappa shape index (κ1) is 13.9. The molecular formula is C16H23NO2. The maximum atomic E-state index is 12.0. The van der Waals surface area contributed by atoms with Crippen molar-refractivity contribution in [2.24, 2.45) is 5.92 Å². The second-order valence-electron chi connectivity index (χ2n) is 5.24. The van der Waals surface area contributed by atoms with E-state index in [2.05, 4.69) is 24.4 Å². The summed E-state index contributed by atoms with van der Waals surface area (Å²) in [5, 5.41) is 3.52. The Balaban J connectivity index is 2.12. The highest BCUT2D eigenvalue weighted by Gasteiger charge is 2.33. The molecule has 104 valence electrons. The summed E-state index contributed by atoms with van der Waals surface area (Å²) in [6.45, 7) is 2.20. The van der Waals surface area contributed by atoms with Crippen molar-refractivity contribution in [1.29, 1.82) is 0 Å². The standard InChI is InChI=1S/C16H23NO2/c1-3-4-5-10-15-13(16(18)19-2)11-12-8-6-7-9-14(12)17-15/h6-9,13,15,17H,3-5,10-11H2,1-2H3/t13-,15-/m0/s1. The first-order valence-electron chi connectivity index (χ1n) is 7.18. The molecule has 3 heteroatoms. The van der Waals surface area contributed by atoms with Crippen LogP contribution in [0.2, 0.25) is 0 Å². The summed E-state index contributed by atoms with van der Waals surface area (Å²) in [5.74, 6) is -0.153. The van der Waals surface area contributed by atoms with Crippen LogP contribution in [-0.4, -0.2) is 19.1 Å². The van der Waals surface area contributed by atoms with E-state index in [1.165, 1.54) is 31.2 Å². The van der Waals surface area contributed by atoms with Crippen molar-refractivity contribution >= 4 is 11.7 Å². The SMILES string of the molecule is CCCCC[C@@H]1Nc2ccccc2C[C@@H]1C(=O)OC. The molecule has 1 heterocycles. The molecule has 0 radical (unpaired) electrons. The maximum absolute atomic E-state index is 12.0. The molecule has 1 aromatic carbocycles. The Bertz CT molecular complexity index is 431. The van der Waals surface area contributed by atoms with E-state index in [9.17, 15) is 4.79 Å². The first-order valence-corrected chi connectivity index (χ1v) is 7.18. The second-order valence-corrected chi connectivity index (χ2v) is 5.24. The highest BCUT2D eigenvalue weighted by molar-refractivity contribution is 5.76. The summed E-state index contributed by atoms with van der Waals surface area (Å²) < 4.78 is 4.96. The van der Waals surface area contributed by atoms with E-state index in [-0.39, 0.29) is 17.9 Å². The largest absolute Gasteiger partial charge is 0.469 e. The fourth-order valence-corrected chi connectivity index (χ4v) is 2.81. The van der Waals surface area contributed by atoms with Gasteiger partial charge in [-0.25, -0.2) is 0 Å². The van der Waals surface area contributed by atoms with Crippen molar-refractivity contribution in [3.8, 4) is 0 Å². The van der Waals surface area contributed by atoms with E-state index >= 15 is 0 Å². The quantitative estimate of drug-likeness (QED) is 0.652. The molecule has 0 bridgehead atoms. The molecule has 0 fully saturated rings. The van der Waals surface area contributed by atoms with Crippen LogP contribution in [0.4, 0.5) is 5.69 Å². The van der Waals surface area contributed by atoms with Crippen LogP contribution in [0.15, 0.2) is 24.3 Å². The number of benzene rings is 1.